The van der Waals surface area contributed by atoms with Crippen LogP contribution in [-0.2, 0) is 17.0 Å². The first kappa shape index (κ1) is 20.7. The molecule has 0 N–H and O–H groups in total. The van der Waals surface area contributed by atoms with Crippen molar-refractivity contribution in [2.75, 3.05) is 12.4 Å². The van der Waals surface area contributed by atoms with E-state index >= 15 is 0 Å². The third kappa shape index (κ3) is 4.78. The predicted molar refractivity (Wildman–Crippen MR) is 123 cm³/mol. The zero-order chi connectivity index (χ0) is 21.1. The standard InChI is InChI=1S/C25H27FN2OS/c1-17-11-18(2)23(19(3)12-17)13-28-10-4-5-24(28)25-27-22(14-29-25)16-30-15-20-6-8-21(26)9-7-20/h4-12,22H,13-16H2,1-3H3/t22-/m0/s1. The van der Waals surface area contributed by atoms with Crippen LogP contribution in [-0.4, -0.2) is 28.9 Å². The Morgan fingerprint density at radius 3 is 2.57 bits per heavy atom. The molecule has 2 heterocycles. The van der Waals surface area contributed by atoms with E-state index in [1.54, 1.807) is 11.8 Å². The minimum atomic E-state index is -0.193. The molecule has 30 heavy (non-hydrogen) atoms. The van der Waals surface area contributed by atoms with Crippen molar-refractivity contribution in [2.24, 2.45) is 4.99 Å². The highest BCUT2D eigenvalue weighted by molar-refractivity contribution is 7.98. The van der Waals surface area contributed by atoms with Gasteiger partial charge in [-0.15, -0.1) is 0 Å². The molecular weight excluding hydrogens is 395 g/mol. The first-order valence-corrected chi connectivity index (χ1v) is 11.4. The maximum atomic E-state index is 13.0. The molecule has 0 spiro atoms. The molecule has 0 radical (unpaired) electrons. The van der Waals surface area contributed by atoms with Crippen LogP contribution in [0.5, 0.6) is 0 Å². The highest BCUT2D eigenvalue weighted by Gasteiger charge is 2.22. The van der Waals surface area contributed by atoms with Gasteiger partial charge >= 0.3 is 0 Å². The van der Waals surface area contributed by atoms with Crippen molar-refractivity contribution in [1.29, 1.82) is 0 Å². The fraction of sp³-hybridized carbons (Fsp3) is 0.320. The zero-order valence-corrected chi connectivity index (χ0v) is 18.5. The van der Waals surface area contributed by atoms with Crippen molar-refractivity contribution in [3.05, 3.63) is 94.1 Å². The highest BCUT2D eigenvalue weighted by Crippen LogP contribution is 2.22. The molecule has 3 nitrogen and oxygen atoms in total. The van der Waals surface area contributed by atoms with Crippen LogP contribution >= 0.6 is 11.8 Å². The average molecular weight is 423 g/mol. The van der Waals surface area contributed by atoms with E-state index in [1.165, 1.54) is 34.4 Å². The molecule has 0 aliphatic carbocycles. The molecule has 0 fully saturated rings. The first-order valence-electron chi connectivity index (χ1n) is 10.2. The lowest BCUT2D eigenvalue weighted by Crippen LogP contribution is -2.12. The van der Waals surface area contributed by atoms with Gasteiger partial charge < -0.3 is 9.30 Å². The number of thioether (sulfide) groups is 1. The van der Waals surface area contributed by atoms with Crippen LogP contribution in [0.1, 0.15) is 33.5 Å². The van der Waals surface area contributed by atoms with E-state index in [4.69, 9.17) is 9.73 Å². The van der Waals surface area contributed by atoms with Crippen LogP contribution in [0.3, 0.4) is 0 Å². The van der Waals surface area contributed by atoms with Gasteiger partial charge in [-0.25, -0.2) is 9.38 Å². The third-order valence-corrected chi connectivity index (χ3v) is 6.58. The Balaban J connectivity index is 1.41. The van der Waals surface area contributed by atoms with Gasteiger partial charge in [0.1, 0.15) is 18.1 Å². The van der Waals surface area contributed by atoms with Gasteiger partial charge in [-0.3, -0.25) is 0 Å². The maximum Gasteiger partial charge on any atom is 0.233 e. The quantitative estimate of drug-likeness (QED) is 0.490. The number of ether oxygens (including phenoxy) is 1. The third-order valence-electron chi connectivity index (χ3n) is 5.42. The summed E-state index contributed by atoms with van der Waals surface area (Å²) in [5, 5.41) is 0. The summed E-state index contributed by atoms with van der Waals surface area (Å²) in [6.07, 6.45) is 2.09. The lowest BCUT2D eigenvalue weighted by Gasteiger charge is -2.14. The monoisotopic (exact) mass is 422 g/mol. The van der Waals surface area contributed by atoms with E-state index in [9.17, 15) is 4.39 Å². The molecule has 0 saturated carbocycles. The molecule has 3 aromatic rings. The smallest absolute Gasteiger partial charge is 0.233 e. The topological polar surface area (TPSA) is 26.5 Å². The van der Waals surface area contributed by atoms with Crippen LogP contribution in [0.15, 0.2) is 59.7 Å². The number of hydrogen-bond acceptors (Lipinski definition) is 3. The Morgan fingerprint density at radius 1 is 1.10 bits per heavy atom. The molecule has 1 aliphatic heterocycles. The van der Waals surface area contributed by atoms with E-state index in [-0.39, 0.29) is 11.9 Å². The Kier molecular flexibility index (Phi) is 6.28. The summed E-state index contributed by atoms with van der Waals surface area (Å²) in [7, 11) is 0. The summed E-state index contributed by atoms with van der Waals surface area (Å²) in [6.45, 7) is 7.92. The Hall–Kier alpha value is -2.53. The van der Waals surface area contributed by atoms with E-state index in [0.29, 0.717) is 6.61 Å². The van der Waals surface area contributed by atoms with E-state index in [2.05, 4.69) is 55.8 Å². The van der Waals surface area contributed by atoms with Gasteiger partial charge in [0.05, 0.1) is 6.04 Å². The molecule has 1 atom stereocenters. The number of aliphatic imine (C=N–C) groups is 1. The van der Waals surface area contributed by atoms with E-state index in [1.807, 2.05) is 12.1 Å². The Bertz CT molecular complexity index is 1030. The summed E-state index contributed by atoms with van der Waals surface area (Å²) in [5.74, 6) is 2.28. The number of nitrogens with zero attached hydrogens (tertiary/aromatic N) is 2. The van der Waals surface area contributed by atoms with Crippen molar-refractivity contribution in [2.45, 2.75) is 39.1 Å². The molecule has 1 aromatic heterocycles. The van der Waals surface area contributed by atoms with Gasteiger partial charge in [0.15, 0.2) is 0 Å². The number of hydrogen-bond donors (Lipinski definition) is 0. The van der Waals surface area contributed by atoms with Gasteiger partial charge in [-0.05, 0) is 67.3 Å². The number of aromatic nitrogens is 1. The minimum Gasteiger partial charge on any atom is -0.474 e. The Labute approximate surface area is 182 Å². The van der Waals surface area contributed by atoms with Gasteiger partial charge in [0, 0.05) is 24.2 Å². The molecule has 0 bridgehead atoms. The van der Waals surface area contributed by atoms with Gasteiger partial charge in [0.25, 0.3) is 0 Å². The van der Waals surface area contributed by atoms with Crippen molar-refractivity contribution in [3.8, 4) is 0 Å². The van der Waals surface area contributed by atoms with Gasteiger partial charge in [0.2, 0.25) is 5.90 Å². The molecule has 156 valence electrons. The van der Waals surface area contributed by atoms with Crippen molar-refractivity contribution < 1.29 is 9.13 Å². The summed E-state index contributed by atoms with van der Waals surface area (Å²) < 4.78 is 21.2. The second-order valence-corrected chi connectivity index (χ2v) is 8.97. The summed E-state index contributed by atoms with van der Waals surface area (Å²) >= 11 is 1.80. The molecule has 0 unspecified atom stereocenters. The number of aryl methyl sites for hydroxylation is 3. The van der Waals surface area contributed by atoms with Crippen molar-refractivity contribution in [3.63, 3.8) is 0 Å². The largest absolute Gasteiger partial charge is 0.474 e. The summed E-state index contributed by atoms with van der Waals surface area (Å²) in [4.78, 5) is 4.83. The normalized spacial score (nSPS) is 15.9. The summed E-state index contributed by atoms with van der Waals surface area (Å²) in [6, 6.07) is 15.5. The maximum absolute atomic E-state index is 13.0. The van der Waals surface area contributed by atoms with Crippen LogP contribution < -0.4 is 0 Å². The SMILES string of the molecule is Cc1cc(C)c(Cn2cccc2C2=N[C@H](CSCc3ccc(F)cc3)CO2)c(C)c1. The van der Waals surface area contributed by atoms with Crippen molar-refractivity contribution >= 4 is 17.7 Å². The second kappa shape index (κ2) is 9.09. The highest BCUT2D eigenvalue weighted by atomic mass is 32.2. The summed E-state index contributed by atoms with van der Waals surface area (Å²) in [5.41, 5.74) is 7.43. The minimum absolute atomic E-state index is 0.150. The predicted octanol–water partition coefficient (Wildman–Crippen LogP) is 5.68. The number of benzene rings is 2. The van der Waals surface area contributed by atoms with E-state index < -0.39 is 0 Å². The Morgan fingerprint density at radius 2 is 1.83 bits per heavy atom. The van der Waals surface area contributed by atoms with Crippen LogP contribution in [0.2, 0.25) is 0 Å². The molecule has 1 aliphatic rings. The fourth-order valence-corrected chi connectivity index (χ4v) is 4.90. The molecule has 4 rings (SSSR count). The van der Waals surface area contributed by atoms with Crippen LogP contribution in [0.4, 0.5) is 4.39 Å². The fourth-order valence-electron chi connectivity index (χ4n) is 3.91. The molecule has 0 saturated heterocycles. The van der Waals surface area contributed by atoms with Crippen LogP contribution in [0, 0.1) is 26.6 Å². The van der Waals surface area contributed by atoms with Gasteiger partial charge in [-0.1, -0.05) is 29.8 Å². The number of rotatable bonds is 7. The van der Waals surface area contributed by atoms with Crippen molar-refractivity contribution in [1.82, 2.24) is 4.57 Å². The lowest BCUT2D eigenvalue weighted by atomic mass is 10.00. The lowest BCUT2D eigenvalue weighted by molar-refractivity contribution is 0.323. The number of halogens is 1. The zero-order valence-electron chi connectivity index (χ0n) is 17.7. The average Bonchev–Trinajstić information content (AvgIpc) is 3.35. The van der Waals surface area contributed by atoms with Gasteiger partial charge in [-0.2, -0.15) is 11.8 Å². The van der Waals surface area contributed by atoms with E-state index in [0.717, 1.165) is 35.2 Å². The molecule has 2 aromatic carbocycles. The second-order valence-electron chi connectivity index (χ2n) is 7.94. The molecular formula is C25H27FN2OS. The molecule has 0 amide bonds. The first-order chi connectivity index (χ1) is 14.5. The molecule has 5 heteroatoms. The van der Waals surface area contributed by atoms with Crippen LogP contribution in [0.25, 0.3) is 0 Å².